The van der Waals surface area contributed by atoms with Crippen LogP contribution in [0.25, 0.3) is 0 Å². The van der Waals surface area contributed by atoms with E-state index in [4.69, 9.17) is 12.2 Å². The van der Waals surface area contributed by atoms with Gasteiger partial charge in [0, 0.05) is 12.2 Å². The van der Waals surface area contributed by atoms with E-state index in [1.165, 1.54) is 10.7 Å². The lowest BCUT2D eigenvalue weighted by atomic mass is 10.5. The second-order valence-electron chi connectivity index (χ2n) is 3.44. The van der Waals surface area contributed by atoms with Crippen LogP contribution in [-0.2, 0) is 0 Å². The van der Waals surface area contributed by atoms with Gasteiger partial charge in [-0.25, -0.2) is 0 Å². The van der Waals surface area contributed by atoms with Crippen molar-refractivity contribution in [1.82, 2.24) is 3.97 Å². The highest BCUT2D eigenvalue weighted by Crippen LogP contribution is 2.29. The van der Waals surface area contributed by atoms with Crippen LogP contribution in [0.2, 0.25) is 19.6 Å². The zero-order valence-electron chi connectivity index (χ0n) is 6.68. The monoisotopic (exact) mass is 191 g/mol. The zero-order valence-corrected chi connectivity index (χ0v) is 9.31. The van der Waals surface area contributed by atoms with E-state index >= 15 is 0 Å². The summed E-state index contributed by atoms with van der Waals surface area (Å²) in [7, 11) is -1.13. The van der Waals surface area contributed by atoms with E-state index in [9.17, 15) is 0 Å². The van der Waals surface area contributed by atoms with Crippen molar-refractivity contribution in [3.05, 3.63) is 0 Å². The summed E-state index contributed by atoms with van der Waals surface area (Å²) in [6, 6.07) is 0. The predicted octanol–water partition coefficient (Wildman–Crippen LogP) is 2.50. The molecule has 1 nitrogen and oxygen atoms in total. The molecule has 0 amide bonds. The lowest BCUT2D eigenvalue weighted by Gasteiger charge is -2.29. The van der Waals surface area contributed by atoms with Gasteiger partial charge >= 0.3 is 0 Å². The molecule has 4 heteroatoms. The van der Waals surface area contributed by atoms with Gasteiger partial charge in [-0.3, -0.25) is 0 Å². The Hall–Kier alpha value is 0.457. The Morgan fingerprint density at radius 3 is 2.30 bits per heavy atom. The molecule has 1 fully saturated rings. The second kappa shape index (κ2) is 2.83. The number of hydrogen-bond acceptors (Lipinski definition) is 2. The van der Waals surface area contributed by atoms with Crippen molar-refractivity contribution < 1.29 is 0 Å². The fraction of sp³-hybridized carbons (Fsp3) is 0.833. The minimum Gasteiger partial charge on any atom is -0.339 e. The van der Waals surface area contributed by atoms with Gasteiger partial charge < -0.3 is 3.97 Å². The summed E-state index contributed by atoms with van der Waals surface area (Å²) in [4.78, 5) is 1.17. The molecule has 1 aliphatic heterocycles. The molecule has 0 saturated carbocycles. The molecule has 1 rings (SSSR count). The highest BCUT2D eigenvalue weighted by atomic mass is 32.2. The van der Waals surface area contributed by atoms with Crippen LogP contribution in [0.1, 0.15) is 6.42 Å². The minimum atomic E-state index is -1.13. The first kappa shape index (κ1) is 8.55. The van der Waals surface area contributed by atoms with Crippen LogP contribution in [0, 0.1) is 0 Å². The molecule has 58 valence electrons. The van der Waals surface area contributed by atoms with Crippen molar-refractivity contribution in [2.45, 2.75) is 26.1 Å². The van der Waals surface area contributed by atoms with Gasteiger partial charge in [0.05, 0.1) is 4.99 Å². The molecule has 1 saturated heterocycles. The van der Waals surface area contributed by atoms with Crippen molar-refractivity contribution in [2.75, 3.05) is 5.75 Å². The minimum absolute atomic E-state index is 1.12. The first-order valence-corrected chi connectivity index (χ1v) is 8.27. The summed E-state index contributed by atoms with van der Waals surface area (Å²) in [5, 5.41) is 0. The van der Waals surface area contributed by atoms with Crippen molar-refractivity contribution in [3.8, 4) is 0 Å². The lowest BCUT2D eigenvalue weighted by Crippen LogP contribution is -2.41. The maximum atomic E-state index is 5.23. The fourth-order valence-corrected chi connectivity index (χ4v) is 5.56. The average Bonchev–Trinajstić information content (AvgIpc) is 2.11. The third-order valence-electron chi connectivity index (χ3n) is 1.37. The molecule has 0 aromatic rings. The SMILES string of the molecule is C[Si](C)(C)N1SCCC1=S. The van der Waals surface area contributed by atoms with Crippen LogP contribution in [0.4, 0.5) is 0 Å². The van der Waals surface area contributed by atoms with Gasteiger partial charge in [0.2, 0.25) is 0 Å². The molecule has 0 N–H and O–H groups in total. The maximum absolute atomic E-state index is 5.23. The summed E-state index contributed by atoms with van der Waals surface area (Å²) in [6.45, 7) is 6.99. The Morgan fingerprint density at radius 2 is 2.10 bits per heavy atom. The number of hydrogen-bond donors (Lipinski definition) is 0. The molecular formula is C6H13NS2Si. The molecular weight excluding hydrogens is 178 g/mol. The topological polar surface area (TPSA) is 3.24 Å². The van der Waals surface area contributed by atoms with E-state index in [0.29, 0.717) is 0 Å². The quantitative estimate of drug-likeness (QED) is 0.356. The van der Waals surface area contributed by atoms with E-state index in [1.807, 2.05) is 11.9 Å². The molecule has 1 aliphatic rings. The lowest BCUT2D eigenvalue weighted by molar-refractivity contribution is 1.03. The zero-order chi connectivity index (χ0) is 7.78. The Kier molecular flexibility index (Phi) is 2.42. The van der Waals surface area contributed by atoms with E-state index in [0.717, 1.165) is 6.42 Å². The summed E-state index contributed by atoms with van der Waals surface area (Å²) < 4.78 is 2.38. The fourth-order valence-electron chi connectivity index (χ4n) is 0.966. The van der Waals surface area contributed by atoms with Crippen LogP contribution in [-0.4, -0.2) is 22.9 Å². The number of thiocarbonyl (C=S) groups is 1. The summed E-state index contributed by atoms with van der Waals surface area (Å²) in [5.74, 6) is 1.20. The molecule has 0 spiro atoms. The second-order valence-corrected chi connectivity index (χ2v) is 10.1. The maximum Gasteiger partial charge on any atom is 0.161 e. The Labute approximate surface area is 73.4 Å². The number of rotatable bonds is 1. The van der Waals surface area contributed by atoms with E-state index < -0.39 is 8.24 Å². The summed E-state index contributed by atoms with van der Waals surface area (Å²) in [5.41, 5.74) is 0. The highest BCUT2D eigenvalue weighted by molar-refractivity contribution is 8.00. The van der Waals surface area contributed by atoms with Crippen LogP contribution >= 0.6 is 24.2 Å². The van der Waals surface area contributed by atoms with E-state index in [1.54, 1.807) is 0 Å². The van der Waals surface area contributed by atoms with Crippen LogP contribution in [0.15, 0.2) is 0 Å². The van der Waals surface area contributed by atoms with E-state index in [2.05, 4.69) is 23.6 Å². The van der Waals surface area contributed by atoms with Gasteiger partial charge in [-0.15, -0.1) is 0 Å². The van der Waals surface area contributed by atoms with Gasteiger partial charge in [-0.2, -0.15) is 0 Å². The van der Waals surface area contributed by atoms with Gasteiger partial charge in [0.1, 0.15) is 0 Å². The summed E-state index contributed by atoms with van der Waals surface area (Å²) >= 11 is 7.14. The normalized spacial score (nSPS) is 20.3. The molecule has 0 bridgehead atoms. The number of nitrogens with zero attached hydrogens (tertiary/aromatic N) is 1. The third-order valence-corrected chi connectivity index (χ3v) is 6.42. The Bertz CT molecular complexity index is 152. The van der Waals surface area contributed by atoms with Crippen molar-refractivity contribution in [1.29, 1.82) is 0 Å². The first-order valence-electron chi connectivity index (χ1n) is 3.48. The molecule has 0 aromatic heterocycles. The van der Waals surface area contributed by atoms with E-state index in [-0.39, 0.29) is 0 Å². The predicted molar refractivity (Wildman–Crippen MR) is 54.9 cm³/mol. The van der Waals surface area contributed by atoms with Gasteiger partial charge in [0.25, 0.3) is 0 Å². The smallest absolute Gasteiger partial charge is 0.161 e. The van der Waals surface area contributed by atoms with Crippen molar-refractivity contribution in [3.63, 3.8) is 0 Å². The van der Waals surface area contributed by atoms with Crippen molar-refractivity contribution in [2.24, 2.45) is 0 Å². The summed E-state index contributed by atoms with van der Waals surface area (Å²) in [6.07, 6.45) is 1.12. The first-order chi connectivity index (χ1) is 4.52. The Balaban J connectivity index is 2.64. The van der Waals surface area contributed by atoms with Crippen LogP contribution < -0.4 is 0 Å². The van der Waals surface area contributed by atoms with Crippen LogP contribution in [0.3, 0.4) is 0 Å². The average molecular weight is 191 g/mol. The van der Waals surface area contributed by atoms with Crippen LogP contribution in [0.5, 0.6) is 0 Å². The standard InChI is InChI=1S/C6H13NS2Si/c1-10(2,3)7-6(8)4-5-9-7/h4-5H2,1-3H3. The van der Waals surface area contributed by atoms with Gasteiger partial charge in [-0.05, 0) is 0 Å². The molecule has 10 heavy (non-hydrogen) atoms. The molecule has 0 unspecified atom stereocenters. The molecule has 0 radical (unpaired) electrons. The molecule has 0 aliphatic carbocycles. The van der Waals surface area contributed by atoms with Gasteiger partial charge in [0.15, 0.2) is 8.24 Å². The molecule has 1 heterocycles. The molecule has 0 atom stereocenters. The Morgan fingerprint density at radius 1 is 1.50 bits per heavy atom. The van der Waals surface area contributed by atoms with Gasteiger partial charge in [-0.1, -0.05) is 43.8 Å². The molecule has 0 aromatic carbocycles. The largest absolute Gasteiger partial charge is 0.339 e. The third kappa shape index (κ3) is 1.74. The highest BCUT2D eigenvalue weighted by Gasteiger charge is 2.30. The van der Waals surface area contributed by atoms with Crippen molar-refractivity contribution >= 4 is 37.4 Å².